The molecule has 3 aromatic rings. The quantitative estimate of drug-likeness (QED) is 0.499. The predicted molar refractivity (Wildman–Crippen MR) is 121 cm³/mol. The number of hydrogen-bond acceptors (Lipinski definition) is 8. The van der Waals surface area contributed by atoms with Gasteiger partial charge in [-0.3, -0.25) is 14.3 Å². The van der Waals surface area contributed by atoms with E-state index in [2.05, 4.69) is 20.2 Å². The molecule has 10 heteroatoms. The first-order chi connectivity index (χ1) is 15.5. The number of nitrogens with zero attached hydrogens (tertiary/aromatic N) is 4. The van der Waals surface area contributed by atoms with Crippen molar-refractivity contribution in [3.05, 3.63) is 63.6 Å². The maximum atomic E-state index is 12.9. The van der Waals surface area contributed by atoms with E-state index in [0.29, 0.717) is 23.1 Å². The van der Waals surface area contributed by atoms with Crippen LogP contribution in [0.25, 0.3) is 10.9 Å². The molecule has 0 spiro atoms. The molecule has 0 aliphatic heterocycles. The fourth-order valence-corrected chi connectivity index (χ4v) is 4.24. The fraction of sp³-hybridized carbons (Fsp3) is 0.318. The number of pyridine rings is 1. The number of hydrogen-bond donors (Lipinski definition) is 2. The standard InChI is InChI=1S/C22H22N6O3S/c1-24-32-22(7-8-22)13-31-20-18-16(12-26-27-20)9-17(21(30)28(18)2)19(29)25-11-15-5-3-14(10-23)4-6-15/h3-6,9,12,24H,7-8,11,13H2,1-2H3,(H,25,29). The van der Waals surface area contributed by atoms with Gasteiger partial charge in [0.05, 0.1) is 22.6 Å². The second-order valence-electron chi connectivity index (χ2n) is 7.65. The number of carbonyl (C=O) groups excluding carboxylic acids is 1. The summed E-state index contributed by atoms with van der Waals surface area (Å²) in [6.07, 6.45) is 3.59. The van der Waals surface area contributed by atoms with E-state index in [1.54, 1.807) is 43.3 Å². The highest BCUT2D eigenvalue weighted by atomic mass is 32.2. The molecule has 164 valence electrons. The number of ether oxygens (including phenoxy) is 1. The SMILES string of the molecule is CNSC1(COc2nncc3cc(C(=O)NCc4ccc(C#N)cc4)c(=O)n(C)c23)CC1. The van der Waals surface area contributed by atoms with E-state index in [0.717, 1.165) is 18.4 Å². The molecule has 0 saturated heterocycles. The van der Waals surface area contributed by atoms with Crippen molar-refractivity contribution in [3.8, 4) is 11.9 Å². The van der Waals surface area contributed by atoms with Crippen molar-refractivity contribution < 1.29 is 9.53 Å². The number of aromatic nitrogens is 3. The Morgan fingerprint density at radius 2 is 2.09 bits per heavy atom. The van der Waals surface area contributed by atoms with E-state index in [1.807, 2.05) is 13.1 Å². The fourth-order valence-electron chi connectivity index (χ4n) is 3.38. The second-order valence-corrected chi connectivity index (χ2v) is 9.12. The zero-order valence-electron chi connectivity index (χ0n) is 17.7. The molecule has 2 N–H and O–H groups in total. The second kappa shape index (κ2) is 8.98. The van der Waals surface area contributed by atoms with E-state index in [1.165, 1.54) is 16.8 Å². The predicted octanol–water partition coefficient (Wildman–Crippen LogP) is 1.91. The van der Waals surface area contributed by atoms with Gasteiger partial charge in [-0.25, -0.2) is 0 Å². The maximum absolute atomic E-state index is 12.9. The van der Waals surface area contributed by atoms with Gasteiger partial charge >= 0.3 is 0 Å². The van der Waals surface area contributed by atoms with Gasteiger partial charge in [0.15, 0.2) is 0 Å². The summed E-state index contributed by atoms with van der Waals surface area (Å²) in [6.45, 7) is 0.688. The molecular formula is C22H22N6O3S. The van der Waals surface area contributed by atoms with Crippen LogP contribution in [-0.4, -0.2) is 39.1 Å². The Bertz CT molecular complexity index is 1260. The molecule has 32 heavy (non-hydrogen) atoms. The third kappa shape index (κ3) is 4.44. The van der Waals surface area contributed by atoms with Crippen LogP contribution in [0.2, 0.25) is 0 Å². The van der Waals surface area contributed by atoms with Crippen molar-refractivity contribution in [2.75, 3.05) is 13.7 Å². The van der Waals surface area contributed by atoms with Crippen LogP contribution in [0.4, 0.5) is 0 Å². The molecule has 0 bridgehead atoms. The monoisotopic (exact) mass is 450 g/mol. The lowest BCUT2D eigenvalue weighted by molar-refractivity contribution is 0.0949. The van der Waals surface area contributed by atoms with E-state index in [-0.39, 0.29) is 22.7 Å². The summed E-state index contributed by atoms with van der Waals surface area (Å²) in [6, 6.07) is 10.4. The number of amides is 1. The Morgan fingerprint density at radius 3 is 2.75 bits per heavy atom. The molecule has 1 amide bonds. The molecule has 1 fully saturated rings. The van der Waals surface area contributed by atoms with E-state index >= 15 is 0 Å². The third-order valence-electron chi connectivity index (χ3n) is 5.37. The summed E-state index contributed by atoms with van der Waals surface area (Å²) >= 11 is 1.63. The van der Waals surface area contributed by atoms with Crippen LogP contribution in [0, 0.1) is 11.3 Å². The lowest BCUT2D eigenvalue weighted by Crippen LogP contribution is -2.32. The van der Waals surface area contributed by atoms with Crippen LogP contribution < -0.4 is 20.3 Å². The molecule has 0 radical (unpaired) electrons. The number of aryl methyl sites for hydroxylation is 1. The zero-order chi connectivity index (χ0) is 22.7. The van der Waals surface area contributed by atoms with Crippen LogP contribution in [0.15, 0.2) is 41.3 Å². The number of rotatable bonds is 8. The molecule has 1 aliphatic rings. The Morgan fingerprint density at radius 1 is 1.34 bits per heavy atom. The first-order valence-electron chi connectivity index (χ1n) is 10.1. The highest BCUT2D eigenvalue weighted by Crippen LogP contribution is 2.47. The van der Waals surface area contributed by atoms with Gasteiger partial charge in [-0.15, -0.1) is 5.10 Å². The molecule has 9 nitrogen and oxygen atoms in total. The van der Waals surface area contributed by atoms with Crippen LogP contribution in [-0.2, 0) is 13.6 Å². The summed E-state index contributed by atoms with van der Waals surface area (Å²) in [4.78, 5) is 25.7. The summed E-state index contributed by atoms with van der Waals surface area (Å²) < 4.78 is 10.4. The maximum Gasteiger partial charge on any atom is 0.263 e. The van der Waals surface area contributed by atoms with Gasteiger partial charge in [-0.1, -0.05) is 24.1 Å². The third-order valence-corrected chi connectivity index (χ3v) is 6.53. The van der Waals surface area contributed by atoms with Crippen molar-refractivity contribution in [1.29, 1.82) is 5.26 Å². The van der Waals surface area contributed by atoms with E-state index < -0.39 is 11.5 Å². The average molecular weight is 451 g/mol. The van der Waals surface area contributed by atoms with Gasteiger partial charge in [0.1, 0.15) is 17.7 Å². The number of nitriles is 1. The highest BCUT2D eigenvalue weighted by Gasteiger charge is 2.44. The lowest BCUT2D eigenvalue weighted by Gasteiger charge is -2.16. The van der Waals surface area contributed by atoms with Gasteiger partial charge in [-0.05, 0) is 43.7 Å². The van der Waals surface area contributed by atoms with Crippen molar-refractivity contribution in [3.63, 3.8) is 0 Å². The molecular weight excluding hydrogens is 428 g/mol. The van der Waals surface area contributed by atoms with Gasteiger partial charge < -0.3 is 14.6 Å². The molecule has 2 heterocycles. The minimum atomic E-state index is -0.488. The first kappa shape index (κ1) is 21.8. The molecule has 1 aromatic carbocycles. The number of fused-ring (bicyclic) bond motifs is 1. The smallest absolute Gasteiger partial charge is 0.263 e. The van der Waals surface area contributed by atoms with Crippen molar-refractivity contribution in [1.82, 2.24) is 24.8 Å². The van der Waals surface area contributed by atoms with Gasteiger partial charge in [0.2, 0.25) is 0 Å². The lowest BCUT2D eigenvalue weighted by atomic mass is 10.1. The van der Waals surface area contributed by atoms with Crippen molar-refractivity contribution >= 4 is 28.8 Å². The molecule has 0 unspecified atom stereocenters. The Hall–Kier alpha value is -3.42. The number of benzene rings is 1. The zero-order valence-corrected chi connectivity index (χ0v) is 18.5. The number of nitrogens with one attached hydrogen (secondary N) is 2. The molecule has 4 rings (SSSR count). The topological polar surface area (TPSA) is 122 Å². The normalized spacial score (nSPS) is 14.0. The van der Waals surface area contributed by atoms with Crippen LogP contribution in [0.5, 0.6) is 5.88 Å². The van der Waals surface area contributed by atoms with E-state index in [9.17, 15) is 9.59 Å². The minimum absolute atomic E-state index is 0.0111. The average Bonchev–Trinajstić information content (AvgIpc) is 3.58. The van der Waals surface area contributed by atoms with Crippen molar-refractivity contribution in [2.45, 2.75) is 24.1 Å². The van der Waals surface area contributed by atoms with Gasteiger partial charge in [-0.2, -0.15) is 10.4 Å². The van der Waals surface area contributed by atoms with Crippen LogP contribution >= 0.6 is 11.9 Å². The van der Waals surface area contributed by atoms with E-state index in [4.69, 9.17) is 10.00 Å². The summed E-state index contributed by atoms with van der Waals surface area (Å²) in [5.74, 6) is -0.215. The minimum Gasteiger partial charge on any atom is -0.474 e. The summed E-state index contributed by atoms with van der Waals surface area (Å²) in [5, 5.41) is 20.3. The summed E-state index contributed by atoms with van der Waals surface area (Å²) in [7, 11) is 3.46. The summed E-state index contributed by atoms with van der Waals surface area (Å²) in [5.41, 5.74) is 1.43. The number of carbonyl (C=O) groups is 1. The van der Waals surface area contributed by atoms with Crippen molar-refractivity contribution in [2.24, 2.45) is 7.05 Å². The van der Waals surface area contributed by atoms with Crippen LogP contribution in [0.1, 0.15) is 34.3 Å². The molecule has 1 aliphatic carbocycles. The molecule has 1 saturated carbocycles. The molecule has 2 aromatic heterocycles. The van der Waals surface area contributed by atoms with Crippen LogP contribution in [0.3, 0.4) is 0 Å². The largest absolute Gasteiger partial charge is 0.474 e. The van der Waals surface area contributed by atoms with Gasteiger partial charge in [0, 0.05) is 19.0 Å². The Labute approximate surface area is 188 Å². The molecule has 0 atom stereocenters. The highest BCUT2D eigenvalue weighted by molar-refractivity contribution is 7.99. The Balaban J connectivity index is 1.55. The first-order valence-corrected chi connectivity index (χ1v) is 10.9. The van der Waals surface area contributed by atoms with Gasteiger partial charge in [0.25, 0.3) is 17.3 Å². The Kier molecular flexibility index (Phi) is 6.12.